The third-order valence-electron chi connectivity index (χ3n) is 2.90. The van der Waals surface area contributed by atoms with Gasteiger partial charge in [0, 0.05) is 10.0 Å². The van der Waals surface area contributed by atoms with Crippen molar-refractivity contribution in [3.05, 3.63) is 57.6 Å². The van der Waals surface area contributed by atoms with E-state index in [-0.39, 0.29) is 11.6 Å². The highest BCUT2D eigenvalue weighted by atomic mass is 79.9. The number of halogens is 3. The van der Waals surface area contributed by atoms with Gasteiger partial charge in [-0.2, -0.15) is 0 Å². The molecule has 0 N–H and O–H groups in total. The highest BCUT2D eigenvalue weighted by molar-refractivity contribution is 9.10. The average Bonchev–Trinajstić information content (AvgIpc) is 2.58. The van der Waals surface area contributed by atoms with E-state index in [1.54, 1.807) is 6.07 Å². The van der Waals surface area contributed by atoms with Crippen LogP contribution in [0, 0.1) is 11.6 Å². The minimum atomic E-state index is -0.346. The molecule has 0 aliphatic heterocycles. The molecule has 1 aliphatic rings. The van der Waals surface area contributed by atoms with Gasteiger partial charge in [0.25, 0.3) is 0 Å². The summed E-state index contributed by atoms with van der Waals surface area (Å²) in [4.78, 5) is 0. The second-order valence-electron chi connectivity index (χ2n) is 3.86. The Morgan fingerprint density at radius 2 is 1.94 bits per heavy atom. The number of hydrogen-bond donors (Lipinski definition) is 0. The van der Waals surface area contributed by atoms with Crippen molar-refractivity contribution in [2.75, 3.05) is 0 Å². The summed E-state index contributed by atoms with van der Waals surface area (Å²) in [6, 6.07) is 7.79. The zero-order valence-corrected chi connectivity index (χ0v) is 9.81. The lowest BCUT2D eigenvalue weighted by Crippen LogP contribution is -1.85. The first-order valence-corrected chi connectivity index (χ1v) is 5.72. The van der Waals surface area contributed by atoms with Crippen LogP contribution in [0.15, 0.2) is 34.8 Å². The molecule has 0 bridgehead atoms. The fourth-order valence-electron chi connectivity index (χ4n) is 2.21. The van der Waals surface area contributed by atoms with E-state index in [0.717, 1.165) is 11.1 Å². The summed E-state index contributed by atoms with van der Waals surface area (Å²) >= 11 is 3.32. The Hall–Kier alpha value is -1.22. The maximum absolute atomic E-state index is 13.7. The van der Waals surface area contributed by atoms with Gasteiger partial charge in [-0.05, 0) is 41.3 Å². The predicted octanol–water partition coefficient (Wildman–Crippen LogP) is 4.30. The van der Waals surface area contributed by atoms with Gasteiger partial charge in [0.05, 0.1) is 0 Å². The van der Waals surface area contributed by atoms with E-state index in [9.17, 15) is 8.78 Å². The summed E-state index contributed by atoms with van der Waals surface area (Å²) in [5.74, 6) is -0.629. The molecule has 3 heteroatoms. The van der Waals surface area contributed by atoms with Crippen LogP contribution in [0.3, 0.4) is 0 Å². The molecule has 3 rings (SSSR count). The molecule has 0 nitrogen and oxygen atoms in total. The largest absolute Gasteiger partial charge is 0.207 e. The minimum absolute atomic E-state index is 0.284. The van der Waals surface area contributed by atoms with E-state index in [4.69, 9.17) is 0 Å². The predicted molar refractivity (Wildman–Crippen MR) is 62.3 cm³/mol. The van der Waals surface area contributed by atoms with E-state index in [1.165, 1.54) is 18.2 Å². The van der Waals surface area contributed by atoms with Crippen LogP contribution in [-0.4, -0.2) is 0 Å². The van der Waals surface area contributed by atoms with Crippen molar-refractivity contribution >= 4 is 15.9 Å². The van der Waals surface area contributed by atoms with E-state index in [1.807, 2.05) is 6.07 Å². The molecule has 2 aromatic carbocycles. The molecule has 80 valence electrons. The van der Waals surface area contributed by atoms with Crippen LogP contribution in [0.25, 0.3) is 11.1 Å². The molecule has 0 aromatic heterocycles. The molecule has 0 unspecified atom stereocenters. The van der Waals surface area contributed by atoms with Gasteiger partial charge in [-0.25, -0.2) is 8.78 Å². The van der Waals surface area contributed by atoms with Crippen LogP contribution in [-0.2, 0) is 6.42 Å². The molecular formula is C13H7BrF2. The Morgan fingerprint density at radius 3 is 2.75 bits per heavy atom. The molecule has 0 radical (unpaired) electrons. The van der Waals surface area contributed by atoms with Crippen molar-refractivity contribution in [1.82, 2.24) is 0 Å². The topological polar surface area (TPSA) is 0 Å². The highest BCUT2D eigenvalue weighted by Crippen LogP contribution is 2.41. The first-order chi connectivity index (χ1) is 7.66. The van der Waals surface area contributed by atoms with Gasteiger partial charge in [-0.3, -0.25) is 0 Å². The molecule has 0 spiro atoms. The Labute approximate surface area is 100 Å². The van der Waals surface area contributed by atoms with Crippen LogP contribution in [0.2, 0.25) is 0 Å². The van der Waals surface area contributed by atoms with Crippen molar-refractivity contribution in [2.45, 2.75) is 6.42 Å². The first-order valence-electron chi connectivity index (χ1n) is 4.92. The van der Waals surface area contributed by atoms with Crippen LogP contribution >= 0.6 is 15.9 Å². The van der Waals surface area contributed by atoms with Crippen molar-refractivity contribution in [3.63, 3.8) is 0 Å². The fourth-order valence-corrected chi connectivity index (χ4v) is 2.79. The standard InChI is InChI=1S/C13H7BrF2/c14-11-6-8(15)5-10-9(11)4-7-2-1-3-12(16)13(7)10/h1-3,5-6H,4H2. The summed E-state index contributed by atoms with van der Waals surface area (Å²) in [7, 11) is 0. The molecule has 0 saturated heterocycles. The molecule has 0 saturated carbocycles. The minimum Gasteiger partial charge on any atom is -0.207 e. The normalized spacial score (nSPS) is 12.4. The third kappa shape index (κ3) is 1.31. The summed E-state index contributed by atoms with van der Waals surface area (Å²) in [6.07, 6.45) is 0.656. The quantitative estimate of drug-likeness (QED) is 0.576. The summed E-state index contributed by atoms with van der Waals surface area (Å²) in [5, 5.41) is 0. The van der Waals surface area contributed by atoms with Gasteiger partial charge in [0.1, 0.15) is 11.6 Å². The lowest BCUT2D eigenvalue weighted by molar-refractivity contribution is 0.624. The van der Waals surface area contributed by atoms with Crippen molar-refractivity contribution < 1.29 is 8.78 Å². The van der Waals surface area contributed by atoms with Gasteiger partial charge in [-0.15, -0.1) is 0 Å². The van der Waals surface area contributed by atoms with Crippen LogP contribution in [0.4, 0.5) is 8.78 Å². The van der Waals surface area contributed by atoms with Gasteiger partial charge in [0.2, 0.25) is 0 Å². The van der Waals surface area contributed by atoms with E-state index in [2.05, 4.69) is 15.9 Å². The van der Waals surface area contributed by atoms with E-state index < -0.39 is 0 Å². The number of fused-ring (bicyclic) bond motifs is 3. The summed E-state index contributed by atoms with van der Waals surface area (Å²) in [5.41, 5.74) is 3.08. The van der Waals surface area contributed by atoms with Gasteiger partial charge < -0.3 is 0 Å². The lowest BCUT2D eigenvalue weighted by atomic mass is 10.1. The summed E-state index contributed by atoms with van der Waals surface area (Å²) in [6.45, 7) is 0. The molecule has 2 aromatic rings. The smallest absolute Gasteiger partial charge is 0.131 e. The lowest BCUT2D eigenvalue weighted by Gasteiger charge is -2.04. The van der Waals surface area contributed by atoms with Gasteiger partial charge in [-0.1, -0.05) is 28.1 Å². The second kappa shape index (κ2) is 3.39. The second-order valence-corrected chi connectivity index (χ2v) is 4.72. The highest BCUT2D eigenvalue weighted by Gasteiger charge is 2.24. The van der Waals surface area contributed by atoms with Gasteiger partial charge in [0.15, 0.2) is 0 Å². The molecule has 1 aliphatic carbocycles. The van der Waals surface area contributed by atoms with E-state index in [0.29, 0.717) is 22.0 Å². The summed E-state index contributed by atoms with van der Waals surface area (Å²) < 4.78 is 27.7. The Bertz CT molecular complexity index is 591. The zero-order valence-electron chi connectivity index (χ0n) is 8.23. The molecule has 0 fully saturated rings. The Morgan fingerprint density at radius 1 is 1.12 bits per heavy atom. The fraction of sp³-hybridized carbons (Fsp3) is 0.0769. The maximum atomic E-state index is 13.7. The molecule has 0 heterocycles. The van der Waals surface area contributed by atoms with Crippen LogP contribution in [0.1, 0.15) is 11.1 Å². The van der Waals surface area contributed by atoms with Crippen LogP contribution in [0.5, 0.6) is 0 Å². The number of benzene rings is 2. The third-order valence-corrected chi connectivity index (χ3v) is 3.60. The first kappa shape index (κ1) is 9.97. The van der Waals surface area contributed by atoms with Crippen molar-refractivity contribution in [3.8, 4) is 11.1 Å². The van der Waals surface area contributed by atoms with Crippen LogP contribution < -0.4 is 0 Å². The zero-order chi connectivity index (χ0) is 11.3. The number of rotatable bonds is 0. The Kier molecular flexibility index (Phi) is 2.11. The molecular weight excluding hydrogens is 274 g/mol. The van der Waals surface area contributed by atoms with E-state index >= 15 is 0 Å². The average molecular weight is 281 g/mol. The maximum Gasteiger partial charge on any atom is 0.131 e. The monoisotopic (exact) mass is 280 g/mol. The molecule has 0 amide bonds. The molecule has 16 heavy (non-hydrogen) atoms. The van der Waals surface area contributed by atoms with Crippen molar-refractivity contribution in [1.29, 1.82) is 0 Å². The SMILES string of the molecule is Fc1cc(Br)c2c(c1)-c1c(F)cccc1C2. The molecule has 0 atom stereocenters. The number of hydrogen-bond acceptors (Lipinski definition) is 0. The van der Waals surface area contributed by atoms with Crippen molar-refractivity contribution in [2.24, 2.45) is 0 Å². The Balaban J connectivity index is 2.36. The van der Waals surface area contributed by atoms with Gasteiger partial charge >= 0.3 is 0 Å².